The van der Waals surface area contributed by atoms with Crippen molar-refractivity contribution in [2.45, 2.75) is 6.92 Å². The van der Waals surface area contributed by atoms with Crippen LogP contribution in [0.15, 0.2) is 35.0 Å². The van der Waals surface area contributed by atoms with E-state index in [0.717, 1.165) is 5.56 Å². The van der Waals surface area contributed by atoms with Gasteiger partial charge in [0, 0.05) is 16.8 Å². The predicted octanol–water partition coefficient (Wildman–Crippen LogP) is 2.89. The highest BCUT2D eigenvalue weighted by Gasteiger charge is 2.11. The molecule has 0 saturated heterocycles. The van der Waals surface area contributed by atoms with Gasteiger partial charge in [0.25, 0.3) is 5.91 Å². The van der Waals surface area contributed by atoms with Crippen LogP contribution in [0.25, 0.3) is 0 Å². The first-order valence-electron chi connectivity index (χ1n) is 4.65. The molecule has 0 saturated carbocycles. The summed E-state index contributed by atoms with van der Waals surface area (Å²) < 4.78 is 4.74. The molecule has 0 aliphatic carbocycles. The first kappa shape index (κ1) is 10.7. The molecule has 1 aromatic heterocycles. The number of benzene rings is 1. The van der Waals surface area contributed by atoms with Crippen LogP contribution < -0.4 is 5.32 Å². The Labute approximate surface area is 97.2 Å². The number of aromatic nitrogens is 1. The Kier molecular flexibility index (Phi) is 2.92. The van der Waals surface area contributed by atoms with Crippen molar-refractivity contribution in [2.24, 2.45) is 0 Å². The molecule has 1 amide bonds. The van der Waals surface area contributed by atoms with E-state index in [4.69, 9.17) is 16.1 Å². The minimum atomic E-state index is -0.345. The maximum atomic E-state index is 11.7. The van der Waals surface area contributed by atoms with E-state index in [9.17, 15) is 4.79 Å². The van der Waals surface area contributed by atoms with Crippen LogP contribution in [0.3, 0.4) is 0 Å². The third-order valence-electron chi connectivity index (χ3n) is 2.11. The molecule has 16 heavy (non-hydrogen) atoms. The van der Waals surface area contributed by atoms with Crippen LogP contribution in [-0.4, -0.2) is 11.1 Å². The van der Waals surface area contributed by atoms with E-state index < -0.39 is 0 Å². The first-order chi connectivity index (χ1) is 7.66. The molecule has 1 N–H and O–H groups in total. The van der Waals surface area contributed by atoms with E-state index in [1.165, 1.54) is 12.3 Å². The van der Waals surface area contributed by atoms with Gasteiger partial charge < -0.3 is 9.84 Å². The Morgan fingerprint density at radius 2 is 2.25 bits per heavy atom. The number of carbonyl (C=O) groups excluding carboxylic acids is 1. The molecular formula is C11H9ClN2O2. The summed E-state index contributed by atoms with van der Waals surface area (Å²) in [6, 6.07) is 6.78. The molecule has 82 valence electrons. The summed E-state index contributed by atoms with van der Waals surface area (Å²) >= 11 is 5.84. The van der Waals surface area contributed by atoms with Crippen molar-refractivity contribution >= 4 is 23.2 Å². The fourth-order valence-corrected chi connectivity index (χ4v) is 1.42. The molecule has 2 aromatic rings. The van der Waals surface area contributed by atoms with Gasteiger partial charge >= 0.3 is 0 Å². The number of nitrogens with zero attached hydrogens (tertiary/aromatic N) is 1. The summed E-state index contributed by atoms with van der Waals surface area (Å²) in [6.07, 6.45) is 1.42. The van der Waals surface area contributed by atoms with Crippen molar-refractivity contribution < 1.29 is 9.32 Å². The molecule has 2 rings (SSSR count). The highest BCUT2D eigenvalue weighted by molar-refractivity contribution is 6.31. The second-order valence-electron chi connectivity index (χ2n) is 3.29. The molecule has 4 nitrogen and oxygen atoms in total. The third kappa shape index (κ3) is 2.23. The molecule has 0 aliphatic heterocycles. The van der Waals surface area contributed by atoms with Gasteiger partial charge in [0.05, 0.1) is 6.20 Å². The zero-order chi connectivity index (χ0) is 11.5. The fraction of sp³-hybridized carbons (Fsp3) is 0.0909. The zero-order valence-corrected chi connectivity index (χ0v) is 9.28. The molecule has 0 radical (unpaired) electrons. The minimum Gasteiger partial charge on any atom is -0.351 e. The number of amides is 1. The van der Waals surface area contributed by atoms with Crippen LogP contribution in [0.5, 0.6) is 0 Å². The summed E-state index contributed by atoms with van der Waals surface area (Å²) in [5.41, 5.74) is 1.59. The van der Waals surface area contributed by atoms with Crippen molar-refractivity contribution in [2.75, 3.05) is 5.32 Å². The summed E-state index contributed by atoms with van der Waals surface area (Å²) in [5, 5.41) is 6.73. The zero-order valence-electron chi connectivity index (χ0n) is 8.53. The van der Waals surface area contributed by atoms with E-state index >= 15 is 0 Å². The normalized spacial score (nSPS) is 10.1. The molecule has 1 heterocycles. The molecule has 0 aliphatic rings. The van der Waals surface area contributed by atoms with Crippen molar-refractivity contribution in [3.8, 4) is 0 Å². The smallest absolute Gasteiger partial charge is 0.294 e. The van der Waals surface area contributed by atoms with Crippen LogP contribution in [0.2, 0.25) is 5.02 Å². The lowest BCUT2D eigenvalue weighted by Crippen LogP contribution is -2.11. The van der Waals surface area contributed by atoms with Gasteiger partial charge in [-0.15, -0.1) is 0 Å². The number of hydrogen-bond acceptors (Lipinski definition) is 3. The van der Waals surface area contributed by atoms with Gasteiger partial charge in [0.2, 0.25) is 5.76 Å². The Morgan fingerprint density at radius 3 is 2.94 bits per heavy atom. The van der Waals surface area contributed by atoms with Crippen LogP contribution >= 0.6 is 11.6 Å². The maximum Gasteiger partial charge on any atom is 0.294 e. The molecule has 5 heteroatoms. The van der Waals surface area contributed by atoms with Crippen molar-refractivity contribution in [1.29, 1.82) is 0 Å². The summed E-state index contributed by atoms with van der Waals surface area (Å²) in [5.74, 6) is -0.178. The monoisotopic (exact) mass is 236 g/mol. The van der Waals surface area contributed by atoms with Crippen molar-refractivity contribution in [3.05, 3.63) is 46.8 Å². The number of halogens is 1. The molecule has 0 spiro atoms. The van der Waals surface area contributed by atoms with Crippen molar-refractivity contribution in [3.63, 3.8) is 0 Å². The van der Waals surface area contributed by atoms with Gasteiger partial charge in [-0.25, -0.2) is 0 Å². The van der Waals surface area contributed by atoms with Gasteiger partial charge in [-0.3, -0.25) is 4.79 Å². The Morgan fingerprint density at radius 1 is 1.44 bits per heavy atom. The molecule has 0 atom stereocenters. The first-order valence-corrected chi connectivity index (χ1v) is 5.03. The van der Waals surface area contributed by atoms with Gasteiger partial charge in [-0.2, -0.15) is 0 Å². The average molecular weight is 237 g/mol. The molecule has 1 aromatic carbocycles. The average Bonchev–Trinajstić information content (AvgIpc) is 2.76. The largest absolute Gasteiger partial charge is 0.351 e. The van der Waals surface area contributed by atoms with Crippen LogP contribution in [0, 0.1) is 6.92 Å². The number of anilines is 1. The summed E-state index contributed by atoms with van der Waals surface area (Å²) in [6.45, 7) is 1.88. The molecule has 0 fully saturated rings. The summed E-state index contributed by atoms with van der Waals surface area (Å²) in [4.78, 5) is 11.7. The number of carbonyl (C=O) groups is 1. The quantitative estimate of drug-likeness (QED) is 0.872. The van der Waals surface area contributed by atoms with Gasteiger partial charge in [-0.05, 0) is 24.6 Å². The Balaban J connectivity index is 2.21. The van der Waals surface area contributed by atoms with E-state index in [1.807, 2.05) is 13.0 Å². The van der Waals surface area contributed by atoms with E-state index in [-0.39, 0.29) is 11.7 Å². The SMILES string of the molecule is Cc1ccc(Cl)cc1NC(=O)c1ccno1. The lowest BCUT2D eigenvalue weighted by Gasteiger charge is -2.06. The van der Waals surface area contributed by atoms with Crippen LogP contribution in [0.4, 0.5) is 5.69 Å². The number of aryl methyl sites for hydroxylation is 1. The standard InChI is InChI=1S/C11H9ClN2O2/c1-7-2-3-8(12)6-9(7)14-11(15)10-4-5-13-16-10/h2-6H,1H3,(H,14,15). The van der Waals surface area contributed by atoms with Crippen LogP contribution in [-0.2, 0) is 0 Å². The Hall–Kier alpha value is -1.81. The maximum absolute atomic E-state index is 11.7. The number of hydrogen-bond donors (Lipinski definition) is 1. The predicted molar refractivity (Wildman–Crippen MR) is 60.6 cm³/mol. The highest BCUT2D eigenvalue weighted by Crippen LogP contribution is 2.20. The second kappa shape index (κ2) is 4.37. The Bertz CT molecular complexity index is 509. The molecule has 0 bridgehead atoms. The second-order valence-corrected chi connectivity index (χ2v) is 3.73. The van der Waals surface area contributed by atoms with Gasteiger partial charge in [-0.1, -0.05) is 22.8 Å². The lowest BCUT2D eigenvalue weighted by atomic mass is 10.2. The third-order valence-corrected chi connectivity index (χ3v) is 2.34. The fourth-order valence-electron chi connectivity index (χ4n) is 1.25. The molecular weight excluding hydrogens is 228 g/mol. The number of nitrogens with one attached hydrogen (secondary N) is 1. The topological polar surface area (TPSA) is 55.1 Å². The highest BCUT2D eigenvalue weighted by atomic mass is 35.5. The van der Waals surface area contributed by atoms with Gasteiger partial charge in [0.1, 0.15) is 0 Å². The lowest BCUT2D eigenvalue weighted by molar-refractivity contribution is 0.0988. The minimum absolute atomic E-state index is 0.166. The van der Waals surface area contributed by atoms with Gasteiger partial charge in [0.15, 0.2) is 0 Å². The van der Waals surface area contributed by atoms with E-state index in [0.29, 0.717) is 10.7 Å². The van der Waals surface area contributed by atoms with Crippen LogP contribution in [0.1, 0.15) is 16.1 Å². The van der Waals surface area contributed by atoms with Crippen molar-refractivity contribution in [1.82, 2.24) is 5.16 Å². The van der Waals surface area contributed by atoms with E-state index in [1.54, 1.807) is 12.1 Å². The number of rotatable bonds is 2. The summed E-state index contributed by atoms with van der Waals surface area (Å²) in [7, 11) is 0. The van der Waals surface area contributed by atoms with E-state index in [2.05, 4.69) is 10.5 Å². The molecule has 0 unspecified atom stereocenters.